The molecule has 1 aliphatic rings. The number of rotatable bonds is 5. The zero-order valence-corrected chi connectivity index (χ0v) is 14.4. The first-order valence-corrected chi connectivity index (χ1v) is 8.59. The van der Waals surface area contributed by atoms with E-state index in [1.807, 2.05) is 6.20 Å². The smallest absolute Gasteiger partial charge is 0.274 e. The van der Waals surface area contributed by atoms with Crippen molar-refractivity contribution < 1.29 is 9.53 Å². The van der Waals surface area contributed by atoms with Gasteiger partial charge >= 0.3 is 0 Å². The highest BCUT2D eigenvalue weighted by Crippen LogP contribution is 2.14. The fourth-order valence-corrected chi connectivity index (χ4v) is 3.00. The second-order valence-corrected chi connectivity index (χ2v) is 6.26. The van der Waals surface area contributed by atoms with Crippen molar-refractivity contribution in [3.8, 4) is 0 Å². The Labute approximate surface area is 145 Å². The fourth-order valence-electron chi connectivity index (χ4n) is 3.00. The molecule has 8 heteroatoms. The number of nitrogens with one attached hydrogen (secondary N) is 1. The van der Waals surface area contributed by atoms with Crippen LogP contribution in [0.3, 0.4) is 0 Å². The van der Waals surface area contributed by atoms with Crippen LogP contribution in [0.15, 0.2) is 29.5 Å². The molecule has 8 nitrogen and oxygen atoms in total. The van der Waals surface area contributed by atoms with Gasteiger partial charge in [-0.1, -0.05) is 6.92 Å². The molecule has 1 saturated heterocycles. The van der Waals surface area contributed by atoms with Gasteiger partial charge in [-0.2, -0.15) is 5.10 Å². The number of aromatic amines is 1. The number of hydrogen-bond donors (Lipinski definition) is 1. The second-order valence-electron chi connectivity index (χ2n) is 6.26. The van der Waals surface area contributed by atoms with Gasteiger partial charge in [0, 0.05) is 43.5 Å². The molecule has 0 aliphatic carbocycles. The Morgan fingerprint density at radius 1 is 1.48 bits per heavy atom. The van der Waals surface area contributed by atoms with Gasteiger partial charge in [0.25, 0.3) is 11.5 Å². The predicted octanol–water partition coefficient (Wildman–Crippen LogP) is 0.708. The summed E-state index contributed by atoms with van der Waals surface area (Å²) in [5.74, 6) is 0.0164. The Morgan fingerprint density at radius 3 is 3.16 bits per heavy atom. The first kappa shape index (κ1) is 17.3. The Balaban J connectivity index is 1.68. The molecule has 3 heterocycles. The Kier molecular flexibility index (Phi) is 5.60. The summed E-state index contributed by atoms with van der Waals surface area (Å²) in [5.41, 5.74) is 0.996. The molecule has 0 radical (unpaired) electrons. The number of ether oxygens (including phenoxy) is 1. The number of aryl methyl sites for hydroxylation is 1. The number of hydrogen-bond acceptors (Lipinski definition) is 5. The van der Waals surface area contributed by atoms with Crippen LogP contribution in [0.4, 0.5) is 0 Å². The molecular weight excluding hydrogens is 322 g/mol. The van der Waals surface area contributed by atoms with Crippen LogP contribution < -0.4 is 5.56 Å². The molecule has 1 aliphatic heterocycles. The summed E-state index contributed by atoms with van der Waals surface area (Å²) in [6.07, 6.45) is 4.80. The first-order chi connectivity index (χ1) is 12.2. The van der Waals surface area contributed by atoms with E-state index in [-0.39, 0.29) is 17.4 Å². The van der Waals surface area contributed by atoms with Gasteiger partial charge in [-0.3, -0.25) is 14.3 Å². The fraction of sp³-hybridized carbons (Fsp3) is 0.529. The van der Waals surface area contributed by atoms with Gasteiger partial charge < -0.3 is 14.6 Å². The van der Waals surface area contributed by atoms with Crippen LogP contribution in [0.5, 0.6) is 0 Å². The molecule has 134 valence electrons. The maximum atomic E-state index is 12.7. The first-order valence-electron chi connectivity index (χ1n) is 8.59. The van der Waals surface area contributed by atoms with Gasteiger partial charge in [0.15, 0.2) is 0 Å². The van der Waals surface area contributed by atoms with E-state index in [0.717, 1.165) is 13.0 Å². The number of amides is 1. The average molecular weight is 345 g/mol. The van der Waals surface area contributed by atoms with Crippen molar-refractivity contribution in [1.29, 1.82) is 0 Å². The van der Waals surface area contributed by atoms with E-state index in [2.05, 4.69) is 22.0 Å². The summed E-state index contributed by atoms with van der Waals surface area (Å²) in [4.78, 5) is 32.6. The Morgan fingerprint density at radius 2 is 2.36 bits per heavy atom. The van der Waals surface area contributed by atoms with E-state index in [1.54, 1.807) is 15.6 Å². The highest BCUT2D eigenvalue weighted by atomic mass is 16.5. The molecule has 1 atom stereocenters. The molecule has 0 spiro atoms. The van der Waals surface area contributed by atoms with Gasteiger partial charge in [0.2, 0.25) is 0 Å². The van der Waals surface area contributed by atoms with E-state index in [9.17, 15) is 9.59 Å². The molecule has 3 rings (SSSR count). The molecule has 2 aromatic heterocycles. The summed E-state index contributed by atoms with van der Waals surface area (Å²) < 4.78 is 7.43. The summed E-state index contributed by atoms with van der Waals surface area (Å²) in [5, 5.41) is 4.35. The SMILES string of the molecule is CCCn1ccc(C(=O)N2CCOC[C@@H](Cc3cc(=O)[nH]cn3)C2)n1. The highest BCUT2D eigenvalue weighted by molar-refractivity contribution is 5.92. The maximum Gasteiger partial charge on any atom is 0.274 e. The molecule has 2 aromatic rings. The molecule has 0 saturated carbocycles. The van der Waals surface area contributed by atoms with Crippen LogP contribution in [-0.2, 0) is 17.7 Å². The van der Waals surface area contributed by atoms with Gasteiger partial charge in [0.1, 0.15) is 5.69 Å². The normalized spacial score (nSPS) is 18.1. The van der Waals surface area contributed by atoms with Crippen LogP contribution in [0.2, 0.25) is 0 Å². The van der Waals surface area contributed by atoms with Crippen molar-refractivity contribution in [2.45, 2.75) is 26.3 Å². The lowest BCUT2D eigenvalue weighted by molar-refractivity contribution is 0.0730. The number of H-pyrrole nitrogens is 1. The number of carbonyl (C=O) groups excluding carboxylic acids is 1. The molecule has 25 heavy (non-hydrogen) atoms. The highest BCUT2D eigenvalue weighted by Gasteiger charge is 2.25. The second kappa shape index (κ2) is 8.06. The van der Waals surface area contributed by atoms with E-state index in [0.29, 0.717) is 44.1 Å². The molecule has 1 N–H and O–H groups in total. The van der Waals surface area contributed by atoms with E-state index in [1.165, 1.54) is 12.4 Å². The van der Waals surface area contributed by atoms with Gasteiger partial charge in [-0.15, -0.1) is 0 Å². The third-order valence-electron chi connectivity index (χ3n) is 4.17. The summed E-state index contributed by atoms with van der Waals surface area (Å²) in [6.45, 7) is 5.02. The molecule has 1 fully saturated rings. The minimum atomic E-state index is -0.172. The standard InChI is InChI=1S/C17H23N5O3/c1-2-4-22-5-3-15(20-22)17(24)21-6-7-25-11-13(10-21)8-14-9-16(23)19-12-18-14/h3,5,9,12-13H,2,4,6-8,10-11H2,1H3,(H,18,19,23)/t13-/m0/s1. The summed E-state index contributed by atoms with van der Waals surface area (Å²) in [7, 11) is 0. The van der Waals surface area contributed by atoms with Gasteiger partial charge in [0.05, 0.1) is 19.5 Å². The average Bonchev–Trinajstić information content (AvgIpc) is 2.93. The van der Waals surface area contributed by atoms with E-state index >= 15 is 0 Å². The molecule has 0 unspecified atom stereocenters. The molecule has 0 aromatic carbocycles. The third kappa shape index (κ3) is 4.54. The van der Waals surface area contributed by atoms with Crippen molar-refractivity contribution in [2.24, 2.45) is 5.92 Å². The van der Waals surface area contributed by atoms with E-state index in [4.69, 9.17) is 4.74 Å². The quantitative estimate of drug-likeness (QED) is 0.861. The zero-order valence-electron chi connectivity index (χ0n) is 14.4. The predicted molar refractivity (Wildman–Crippen MR) is 91.3 cm³/mol. The third-order valence-corrected chi connectivity index (χ3v) is 4.17. The van der Waals surface area contributed by atoms with E-state index < -0.39 is 0 Å². The number of carbonyl (C=O) groups is 1. The van der Waals surface area contributed by atoms with Crippen molar-refractivity contribution in [3.63, 3.8) is 0 Å². The summed E-state index contributed by atoms with van der Waals surface area (Å²) in [6, 6.07) is 3.25. The maximum absolute atomic E-state index is 12.7. The molecule has 1 amide bonds. The van der Waals surface area contributed by atoms with Crippen molar-refractivity contribution in [1.82, 2.24) is 24.6 Å². The van der Waals surface area contributed by atoms with Crippen molar-refractivity contribution in [3.05, 3.63) is 46.4 Å². The van der Waals surface area contributed by atoms with Crippen LogP contribution in [-0.4, -0.2) is 56.9 Å². The lowest BCUT2D eigenvalue weighted by Gasteiger charge is -2.22. The lowest BCUT2D eigenvalue weighted by Crippen LogP contribution is -2.36. The Hall–Kier alpha value is -2.48. The number of aromatic nitrogens is 4. The summed E-state index contributed by atoms with van der Waals surface area (Å²) >= 11 is 0. The topological polar surface area (TPSA) is 93.1 Å². The molecular formula is C17H23N5O3. The van der Waals surface area contributed by atoms with Crippen LogP contribution in [0.25, 0.3) is 0 Å². The number of nitrogens with zero attached hydrogens (tertiary/aromatic N) is 4. The van der Waals surface area contributed by atoms with Gasteiger partial charge in [-0.05, 0) is 18.9 Å². The minimum absolute atomic E-state index is 0.0794. The molecule has 0 bridgehead atoms. The lowest BCUT2D eigenvalue weighted by atomic mass is 10.0. The largest absolute Gasteiger partial charge is 0.379 e. The monoisotopic (exact) mass is 345 g/mol. The van der Waals surface area contributed by atoms with Crippen LogP contribution >= 0.6 is 0 Å². The van der Waals surface area contributed by atoms with Gasteiger partial charge in [-0.25, -0.2) is 4.98 Å². The van der Waals surface area contributed by atoms with Crippen LogP contribution in [0.1, 0.15) is 29.5 Å². The van der Waals surface area contributed by atoms with Crippen molar-refractivity contribution in [2.75, 3.05) is 26.3 Å². The Bertz CT molecular complexity index is 769. The minimum Gasteiger partial charge on any atom is -0.379 e. The van der Waals surface area contributed by atoms with Crippen molar-refractivity contribution >= 4 is 5.91 Å². The van der Waals surface area contributed by atoms with Crippen LogP contribution in [0, 0.1) is 5.92 Å². The zero-order chi connectivity index (χ0) is 17.6.